The lowest BCUT2D eigenvalue weighted by atomic mass is 10.1. The van der Waals surface area contributed by atoms with E-state index in [1.165, 1.54) is 6.07 Å². The van der Waals surface area contributed by atoms with Crippen LogP contribution in [0.1, 0.15) is 22.6 Å². The maximum absolute atomic E-state index is 14.5. The van der Waals surface area contributed by atoms with Crippen molar-refractivity contribution in [1.29, 1.82) is 0 Å². The van der Waals surface area contributed by atoms with Crippen LogP contribution in [0.5, 0.6) is 0 Å². The van der Waals surface area contributed by atoms with Gasteiger partial charge in [-0.05, 0) is 42.7 Å². The average Bonchev–Trinajstić information content (AvgIpc) is 3.37. The number of thiazole rings is 1. The fourth-order valence-electron chi connectivity index (χ4n) is 3.34. The van der Waals surface area contributed by atoms with Gasteiger partial charge in [-0.1, -0.05) is 29.8 Å². The number of hydrogen-bond donors (Lipinski definition) is 1. The fraction of sp³-hybridized carbons (Fsp3) is 0.200. The standard InChI is InChI=1S/C20H17ClFN3O3S2/c21-14-6-3-12(4-7-14)17-18(13-5-8-16(15(22)11-13)30(23,27)28)29-19(24-17)20(26)25-9-1-2-10-25/h3-8,11H,1-2,9-10H2,(H2,23,27,28). The maximum atomic E-state index is 14.5. The molecule has 1 aromatic heterocycles. The van der Waals surface area contributed by atoms with Crippen LogP contribution in [0.15, 0.2) is 47.4 Å². The van der Waals surface area contributed by atoms with Crippen LogP contribution in [0.4, 0.5) is 4.39 Å². The highest BCUT2D eigenvalue weighted by molar-refractivity contribution is 7.89. The number of aromatic nitrogens is 1. The molecule has 6 nitrogen and oxygen atoms in total. The summed E-state index contributed by atoms with van der Waals surface area (Å²) in [5.41, 5.74) is 1.62. The topological polar surface area (TPSA) is 93.4 Å². The first kappa shape index (κ1) is 20.9. The van der Waals surface area contributed by atoms with Gasteiger partial charge in [0.1, 0.15) is 10.7 Å². The summed E-state index contributed by atoms with van der Waals surface area (Å²) in [6.07, 6.45) is 1.91. The zero-order valence-corrected chi connectivity index (χ0v) is 18.0. The molecule has 0 atom stereocenters. The highest BCUT2D eigenvalue weighted by Gasteiger charge is 2.26. The normalized spacial score (nSPS) is 14.3. The van der Waals surface area contributed by atoms with E-state index >= 15 is 0 Å². The predicted octanol–water partition coefficient (Wildman–Crippen LogP) is 4.15. The van der Waals surface area contributed by atoms with Crippen LogP contribution in [-0.2, 0) is 10.0 Å². The number of likely N-dealkylation sites (tertiary alicyclic amines) is 1. The Morgan fingerprint density at radius 1 is 1.10 bits per heavy atom. The summed E-state index contributed by atoms with van der Waals surface area (Å²) in [6.45, 7) is 1.36. The molecule has 156 valence electrons. The lowest BCUT2D eigenvalue weighted by Gasteiger charge is -2.12. The van der Waals surface area contributed by atoms with Crippen molar-refractivity contribution in [3.8, 4) is 21.7 Å². The zero-order chi connectivity index (χ0) is 21.5. The number of amides is 1. The van der Waals surface area contributed by atoms with E-state index in [2.05, 4.69) is 4.98 Å². The number of primary sulfonamides is 1. The van der Waals surface area contributed by atoms with Gasteiger partial charge in [0.2, 0.25) is 10.0 Å². The van der Waals surface area contributed by atoms with E-state index in [9.17, 15) is 17.6 Å². The second-order valence-corrected chi connectivity index (χ2v) is 9.86. The molecule has 1 aliphatic heterocycles. The number of nitrogens with two attached hydrogens (primary N) is 1. The molecular formula is C20H17ClFN3O3S2. The Hall–Kier alpha value is -2.33. The molecule has 1 amide bonds. The fourth-order valence-corrected chi connectivity index (χ4v) is 5.11. The number of rotatable bonds is 4. The van der Waals surface area contributed by atoms with Crippen molar-refractivity contribution < 1.29 is 17.6 Å². The van der Waals surface area contributed by atoms with Crippen molar-refractivity contribution in [2.75, 3.05) is 13.1 Å². The Labute approximate surface area is 182 Å². The molecule has 2 aromatic carbocycles. The van der Waals surface area contributed by atoms with Crippen LogP contribution in [0.25, 0.3) is 21.7 Å². The molecule has 4 rings (SSSR count). The van der Waals surface area contributed by atoms with Crippen molar-refractivity contribution in [3.05, 3.63) is 58.3 Å². The number of carbonyl (C=O) groups is 1. The van der Waals surface area contributed by atoms with Crippen molar-refractivity contribution in [3.63, 3.8) is 0 Å². The molecule has 30 heavy (non-hydrogen) atoms. The van der Waals surface area contributed by atoms with Gasteiger partial charge in [0.05, 0.1) is 10.6 Å². The third-order valence-corrected chi connectivity index (χ3v) is 7.11. The average molecular weight is 466 g/mol. The van der Waals surface area contributed by atoms with E-state index in [1.54, 1.807) is 29.2 Å². The Morgan fingerprint density at radius 2 is 1.73 bits per heavy atom. The van der Waals surface area contributed by atoms with Crippen LogP contribution in [0, 0.1) is 5.82 Å². The largest absolute Gasteiger partial charge is 0.337 e. The van der Waals surface area contributed by atoms with Gasteiger partial charge in [-0.25, -0.2) is 22.9 Å². The quantitative estimate of drug-likeness (QED) is 0.626. The molecule has 0 spiro atoms. The first-order valence-electron chi connectivity index (χ1n) is 9.13. The minimum Gasteiger partial charge on any atom is -0.337 e. The molecule has 1 fully saturated rings. The molecule has 10 heteroatoms. The van der Waals surface area contributed by atoms with E-state index in [0.29, 0.717) is 44.8 Å². The maximum Gasteiger partial charge on any atom is 0.282 e. The zero-order valence-electron chi connectivity index (χ0n) is 15.6. The first-order chi connectivity index (χ1) is 14.2. The molecule has 1 aliphatic rings. The smallest absolute Gasteiger partial charge is 0.282 e. The molecule has 0 bridgehead atoms. The van der Waals surface area contributed by atoms with E-state index in [-0.39, 0.29) is 5.91 Å². The monoisotopic (exact) mass is 465 g/mol. The van der Waals surface area contributed by atoms with E-state index in [4.69, 9.17) is 16.7 Å². The third-order valence-electron chi connectivity index (χ3n) is 4.82. The molecule has 0 aliphatic carbocycles. The summed E-state index contributed by atoms with van der Waals surface area (Å²) >= 11 is 7.13. The van der Waals surface area contributed by atoms with Gasteiger partial charge >= 0.3 is 0 Å². The van der Waals surface area contributed by atoms with Crippen LogP contribution in [0.3, 0.4) is 0 Å². The number of carbonyl (C=O) groups excluding carboxylic acids is 1. The van der Waals surface area contributed by atoms with Crippen LogP contribution >= 0.6 is 22.9 Å². The molecule has 3 aromatic rings. The summed E-state index contributed by atoms with van der Waals surface area (Å²) in [6, 6.07) is 10.6. The Balaban J connectivity index is 1.84. The summed E-state index contributed by atoms with van der Waals surface area (Å²) < 4.78 is 37.5. The van der Waals surface area contributed by atoms with E-state index in [1.807, 2.05) is 0 Å². The highest BCUT2D eigenvalue weighted by atomic mass is 35.5. The second kappa shape index (κ2) is 8.07. The van der Waals surface area contributed by atoms with Gasteiger partial charge in [-0.2, -0.15) is 0 Å². The number of benzene rings is 2. The SMILES string of the molecule is NS(=O)(=O)c1ccc(-c2sc(C(=O)N3CCCC3)nc2-c2ccc(Cl)cc2)cc1F. The second-order valence-electron chi connectivity index (χ2n) is 6.89. The van der Waals surface area contributed by atoms with Crippen molar-refractivity contribution in [2.45, 2.75) is 17.7 Å². The van der Waals surface area contributed by atoms with Crippen LogP contribution < -0.4 is 5.14 Å². The lowest BCUT2D eigenvalue weighted by Crippen LogP contribution is -2.27. The van der Waals surface area contributed by atoms with Crippen molar-refractivity contribution >= 4 is 38.9 Å². The Kier molecular flexibility index (Phi) is 5.63. The minimum absolute atomic E-state index is 0.166. The van der Waals surface area contributed by atoms with Gasteiger partial charge in [0.25, 0.3) is 5.91 Å². The van der Waals surface area contributed by atoms with Gasteiger partial charge in [0.15, 0.2) is 5.01 Å². The van der Waals surface area contributed by atoms with Gasteiger partial charge in [-0.3, -0.25) is 4.79 Å². The third kappa shape index (κ3) is 4.11. The lowest BCUT2D eigenvalue weighted by molar-refractivity contribution is 0.0792. The summed E-state index contributed by atoms with van der Waals surface area (Å²) in [7, 11) is -4.18. The molecule has 1 saturated heterocycles. The molecular weight excluding hydrogens is 449 g/mol. The van der Waals surface area contributed by atoms with E-state index < -0.39 is 20.7 Å². The molecule has 2 heterocycles. The summed E-state index contributed by atoms with van der Waals surface area (Å²) in [5.74, 6) is -1.13. The molecule has 0 unspecified atom stereocenters. The molecule has 0 saturated carbocycles. The van der Waals surface area contributed by atoms with Crippen LogP contribution in [0.2, 0.25) is 5.02 Å². The number of sulfonamides is 1. The molecule has 2 N–H and O–H groups in total. The number of nitrogens with zero attached hydrogens (tertiary/aromatic N) is 2. The summed E-state index contributed by atoms with van der Waals surface area (Å²) in [4.78, 5) is 19.1. The van der Waals surface area contributed by atoms with Gasteiger partial charge in [0, 0.05) is 23.7 Å². The van der Waals surface area contributed by atoms with Crippen LogP contribution in [-0.4, -0.2) is 37.3 Å². The number of hydrogen-bond acceptors (Lipinski definition) is 5. The predicted molar refractivity (Wildman–Crippen MR) is 114 cm³/mol. The first-order valence-corrected chi connectivity index (χ1v) is 11.9. The van der Waals surface area contributed by atoms with Gasteiger partial charge < -0.3 is 4.90 Å². The Morgan fingerprint density at radius 3 is 2.33 bits per heavy atom. The highest BCUT2D eigenvalue weighted by Crippen LogP contribution is 2.38. The Bertz CT molecular complexity index is 1220. The number of halogens is 2. The van der Waals surface area contributed by atoms with E-state index in [0.717, 1.165) is 36.3 Å². The minimum atomic E-state index is -4.18. The van der Waals surface area contributed by atoms with Gasteiger partial charge in [-0.15, -0.1) is 11.3 Å². The van der Waals surface area contributed by atoms with Crippen molar-refractivity contribution in [1.82, 2.24) is 9.88 Å². The molecule has 0 radical (unpaired) electrons. The summed E-state index contributed by atoms with van der Waals surface area (Å²) in [5, 5.41) is 5.90. The van der Waals surface area contributed by atoms with Crippen molar-refractivity contribution in [2.24, 2.45) is 5.14 Å².